The van der Waals surface area contributed by atoms with Gasteiger partial charge in [0.15, 0.2) is 0 Å². The minimum atomic E-state index is 0.426. The predicted molar refractivity (Wildman–Crippen MR) is 75.6 cm³/mol. The largest absolute Gasteiger partial charge is 0.342 e. The molecule has 0 amide bonds. The van der Waals surface area contributed by atoms with Gasteiger partial charge < -0.3 is 10.3 Å². The first kappa shape index (κ1) is 12.5. The van der Waals surface area contributed by atoms with Gasteiger partial charge in [-0.05, 0) is 50.1 Å². The topological polar surface area (TPSA) is 40.7 Å². The average molecular weight is 249 g/mol. The molecule has 2 rings (SSSR count). The fourth-order valence-corrected chi connectivity index (χ4v) is 2.56. The van der Waals surface area contributed by atoms with Crippen molar-refractivity contribution in [2.24, 2.45) is 0 Å². The van der Waals surface area contributed by atoms with Crippen LogP contribution in [0.25, 0.3) is 11.0 Å². The van der Waals surface area contributed by atoms with E-state index >= 15 is 0 Å². The van der Waals surface area contributed by atoms with Crippen LogP contribution in [0, 0.1) is 6.92 Å². The van der Waals surface area contributed by atoms with Crippen molar-refractivity contribution in [3.05, 3.63) is 29.6 Å². The molecule has 1 unspecified atom stereocenters. The van der Waals surface area contributed by atoms with E-state index in [-0.39, 0.29) is 0 Å². The summed E-state index contributed by atoms with van der Waals surface area (Å²) in [5.41, 5.74) is 3.51. The van der Waals surface area contributed by atoms with Crippen LogP contribution in [-0.2, 0) is 0 Å². The molecule has 2 aromatic rings. The highest BCUT2D eigenvalue weighted by atomic mass is 32.2. The minimum Gasteiger partial charge on any atom is -0.342 e. The van der Waals surface area contributed by atoms with Gasteiger partial charge in [0.1, 0.15) is 5.82 Å². The van der Waals surface area contributed by atoms with E-state index in [0.717, 1.165) is 23.3 Å². The number of rotatable bonds is 5. The average Bonchev–Trinajstić information content (AvgIpc) is 2.69. The van der Waals surface area contributed by atoms with Crippen LogP contribution < -0.4 is 5.32 Å². The Morgan fingerprint density at radius 3 is 3.00 bits per heavy atom. The highest BCUT2D eigenvalue weighted by molar-refractivity contribution is 7.98. The van der Waals surface area contributed by atoms with Gasteiger partial charge in [0, 0.05) is 6.04 Å². The number of aryl methyl sites for hydroxylation is 1. The monoisotopic (exact) mass is 249 g/mol. The number of aromatic amines is 1. The maximum absolute atomic E-state index is 4.42. The molecule has 0 aliphatic heterocycles. The molecule has 1 atom stereocenters. The molecule has 17 heavy (non-hydrogen) atoms. The lowest BCUT2D eigenvalue weighted by Gasteiger charge is -2.15. The molecule has 0 saturated heterocycles. The Balaban J connectivity index is 2.26. The Bertz CT molecular complexity index is 492. The molecule has 0 bridgehead atoms. The number of nitrogens with one attached hydrogen (secondary N) is 2. The van der Waals surface area contributed by atoms with Crippen molar-refractivity contribution in [2.45, 2.75) is 19.4 Å². The van der Waals surface area contributed by atoms with E-state index in [2.05, 4.69) is 39.7 Å². The number of hydrogen-bond donors (Lipinski definition) is 2. The maximum Gasteiger partial charge on any atom is 0.104 e. The molecule has 1 aromatic heterocycles. The van der Waals surface area contributed by atoms with Crippen LogP contribution in [0.2, 0.25) is 0 Å². The van der Waals surface area contributed by atoms with Crippen LogP contribution in [0.3, 0.4) is 0 Å². The van der Waals surface area contributed by atoms with Crippen LogP contribution in [0.5, 0.6) is 0 Å². The lowest BCUT2D eigenvalue weighted by Crippen LogP contribution is -2.16. The molecule has 1 heterocycles. The highest BCUT2D eigenvalue weighted by Crippen LogP contribution is 2.22. The fraction of sp³-hybridized carbons (Fsp3) is 0.462. The molecule has 2 N–H and O–H groups in total. The molecule has 0 radical (unpaired) electrons. The van der Waals surface area contributed by atoms with Crippen molar-refractivity contribution in [3.63, 3.8) is 0 Å². The van der Waals surface area contributed by atoms with Gasteiger partial charge in [-0.25, -0.2) is 4.98 Å². The van der Waals surface area contributed by atoms with E-state index in [9.17, 15) is 0 Å². The van der Waals surface area contributed by atoms with Crippen LogP contribution in [0.1, 0.15) is 23.9 Å². The molecular formula is C13H19N3S. The van der Waals surface area contributed by atoms with E-state index in [4.69, 9.17) is 0 Å². The summed E-state index contributed by atoms with van der Waals surface area (Å²) in [4.78, 5) is 7.71. The van der Waals surface area contributed by atoms with Crippen LogP contribution in [0.15, 0.2) is 18.2 Å². The molecule has 0 saturated carbocycles. The van der Waals surface area contributed by atoms with E-state index in [1.807, 2.05) is 25.7 Å². The van der Waals surface area contributed by atoms with Gasteiger partial charge in [-0.15, -0.1) is 0 Å². The molecule has 0 fully saturated rings. The Morgan fingerprint density at radius 1 is 1.47 bits per heavy atom. The van der Waals surface area contributed by atoms with Crippen molar-refractivity contribution in [2.75, 3.05) is 19.1 Å². The van der Waals surface area contributed by atoms with Gasteiger partial charge in [-0.2, -0.15) is 11.8 Å². The zero-order valence-corrected chi connectivity index (χ0v) is 11.4. The first-order valence-corrected chi connectivity index (χ1v) is 7.26. The van der Waals surface area contributed by atoms with Gasteiger partial charge in [-0.1, -0.05) is 6.07 Å². The Labute approximate surface area is 106 Å². The van der Waals surface area contributed by atoms with Crippen molar-refractivity contribution in [3.8, 4) is 0 Å². The molecule has 1 aromatic carbocycles. The quantitative estimate of drug-likeness (QED) is 0.856. The third kappa shape index (κ3) is 2.82. The molecule has 0 aliphatic carbocycles. The van der Waals surface area contributed by atoms with Crippen molar-refractivity contribution in [1.29, 1.82) is 0 Å². The summed E-state index contributed by atoms with van der Waals surface area (Å²) < 4.78 is 0. The number of nitrogens with zero attached hydrogens (tertiary/aromatic N) is 1. The zero-order valence-electron chi connectivity index (χ0n) is 10.6. The smallest absolute Gasteiger partial charge is 0.104 e. The lowest BCUT2D eigenvalue weighted by molar-refractivity contribution is 0.582. The normalized spacial score (nSPS) is 13.1. The first-order valence-electron chi connectivity index (χ1n) is 5.87. The second kappa shape index (κ2) is 5.56. The van der Waals surface area contributed by atoms with Gasteiger partial charge in [0.05, 0.1) is 11.0 Å². The fourth-order valence-electron chi connectivity index (χ4n) is 2.08. The minimum absolute atomic E-state index is 0.426. The number of fused-ring (bicyclic) bond motifs is 1. The number of thioether (sulfide) groups is 1. The molecule has 0 spiro atoms. The second-order valence-corrected chi connectivity index (χ2v) is 5.21. The van der Waals surface area contributed by atoms with Gasteiger partial charge in [-0.3, -0.25) is 0 Å². The van der Waals surface area contributed by atoms with Gasteiger partial charge in [0.2, 0.25) is 0 Å². The molecule has 4 heteroatoms. The van der Waals surface area contributed by atoms with Gasteiger partial charge >= 0.3 is 0 Å². The number of hydrogen-bond acceptors (Lipinski definition) is 3. The predicted octanol–water partition coefficient (Wildman–Crippen LogP) is 2.88. The summed E-state index contributed by atoms with van der Waals surface area (Å²) >= 11 is 1.89. The summed E-state index contributed by atoms with van der Waals surface area (Å²) in [5, 5.41) is 3.38. The Hall–Kier alpha value is -1.00. The third-order valence-corrected chi connectivity index (χ3v) is 3.63. The maximum atomic E-state index is 4.42. The van der Waals surface area contributed by atoms with E-state index < -0.39 is 0 Å². The van der Waals surface area contributed by atoms with Gasteiger partial charge in [0.25, 0.3) is 0 Å². The number of benzene rings is 1. The number of aromatic nitrogens is 2. The van der Waals surface area contributed by atoms with E-state index in [1.54, 1.807) is 0 Å². The van der Waals surface area contributed by atoms with Crippen molar-refractivity contribution >= 4 is 22.8 Å². The zero-order chi connectivity index (χ0) is 12.3. The van der Waals surface area contributed by atoms with Crippen LogP contribution in [-0.4, -0.2) is 29.0 Å². The second-order valence-electron chi connectivity index (χ2n) is 4.22. The van der Waals surface area contributed by atoms with E-state index in [1.165, 1.54) is 11.3 Å². The summed E-state index contributed by atoms with van der Waals surface area (Å²) in [7, 11) is 2.02. The Kier molecular flexibility index (Phi) is 4.07. The SMILES string of the molecule is CNC(CCSC)c1ccc2nc(C)[nH]c2c1. The third-order valence-electron chi connectivity index (χ3n) is 2.99. The highest BCUT2D eigenvalue weighted by Gasteiger charge is 2.10. The summed E-state index contributed by atoms with van der Waals surface area (Å²) in [5.74, 6) is 2.15. The van der Waals surface area contributed by atoms with Crippen LogP contribution in [0.4, 0.5) is 0 Å². The Morgan fingerprint density at radius 2 is 2.29 bits per heavy atom. The molecule has 92 valence electrons. The van der Waals surface area contributed by atoms with Crippen molar-refractivity contribution < 1.29 is 0 Å². The lowest BCUT2D eigenvalue weighted by atomic mass is 10.0. The molecule has 0 aliphatic rings. The number of imidazole rings is 1. The summed E-state index contributed by atoms with van der Waals surface area (Å²) in [6.07, 6.45) is 3.30. The van der Waals surface area contributed by atoms with Crippen LogP contribution >= 0.6 is 11.8 Å². The first-order chi connectivity index (χ1) is 8.24. The number of H-pyrrole nitrogens is 1. The van der Waals surface area contributed by atoms with E-state index in [0.29, 0.717) is 6.04 Å². The molecular weight excluding hydrogens is 230 g/mol. The van der Waals surface area contributed by atoms with Crippen molar-refractivity contribution in [1.82, 2.24) is 15.3 Å². The molecule has 3 nitrogen and oxygen atoms in total. The summed E-state index contributed by atoms with van der Waals surface area (Å²) in [6, 6.07) is 6.90. The summed E-state index contributed by atoms with van der Waals surface area (Å²) in [6.45, 7) is 1.99. The standard InChI is InChI=1S/C13H19N3S/c1-9-15-12-5-4-10(8-13(12)16-9)11(14-2)6-7-17-3/h4-5,8,11,14H,6-7H2,1-3H3,(H,15,16).